The highest BCUT2D eigenvalue weighted by molar-refractivity contribution is 6.02. The van der Waals surface area contributed by atoms with E-state index in [0.717, 1.165) is 18.0 Å². The minimum absolute atomic E-state index is 0.0521. The molecule has 1 amide bonds. The summed E-state index contributed by atoms with van der Waals surface area (Å²) in [4.78, 5) is 16.1. The fraction of sp³-hybridized carbons (Fsp3) is 0.0667. The lowest BCUT2D eigenvalue weighted by Gasteiger charge is -2.06. The average molecular weight is 315 g/mol. The summed E-state index contributed by atoms with van der Waals surface area (Å²) in [6.45, 7) is 1.81. The van der Waals surface area contributed by atoms with Gasteiger partial charge in [-0.3, -0.25) is 9.36 Å². The van der Waals surface area contributed by atoms with Crippen molar-refractivity contribution in [2.24, 2.45) is 0 Å². The lowest BCUT2D eigenvalue weighted by molar-refractivity contribution is 0.102. The number of hydrogen-bond acceptors (Lipinski definition) is 4. The van der Waals surface area contributed by atoms with Gasteiger partial charge >= 0.3 is 0 Å². The molecular weight excluding hydrogens is 304 g/mol. The topological polar surface area (TPSA) is 72.7 Å². The summed E-state index contributed by atoms with van der Waals surface area (Å²) in [6, 6.07) is 6.18. The van der Waals surface area contributed by atoms with Crippen molar-refractivity contribution in [2.45, 2.75) is 6.92 Å². The second-order valence-electron chi connectivity index (χ2n) is 4.70. The van der Waals surface area contributed by atoms with Crippen LogP contribution in [-0.4, -0.2) is 25.7 Å². The van der Waals surface area contributed by atoms with Crippen molar-refractivity contribution in [1.29, 1.82) is 0 Å². The molecule has 0 atom stereocenters. The summed E-state index contributed by atoms with van der Waals surface area (Å²) in [6.07, 6.45) is 3.35. The van der Waals surface area contributed by atoms with E-state index in [9.17, 15) is 13.6 Å². The van der Waals surface area contributed by atoms with Crippen LogP contribution in [0, 0.1) is 18.6 Å². The third-order valence-electron chi connectivity index (χ3n) is 3.13. The predicted octanol–water partition coefficient (Wildman–Crippen LogP) is 2.50. The number of aromatic nitrogens is 4. The van der Waals surface area contributed by atoms with Crippen molar-refractivity contribution in [3.63, 3.8) is 0 Å². The molecule has 1 aromatic carbocycles. The number of carbonyl (C=O) groups is 1. The molecule has 0 spiro atoms. The van der Waals surface area contributed by atoms with Crippen LogP contribution in [0.3, 0.4) is 0 Å². The van der Waals surface area contributed by atoms with Gasteiger partial charge in [-0.1, -0.05) is 0 Å². The number of aryl methyl sites for hydroxylation is 1. The first-order valence-corrected chi connectivity index (χ1v) is 6.65. The van der Waals surface area contributed by atoms with Crippen molar-refractivity contribution in [3.8, 4) is 5.82 Å². The second kappa shape index (κ2) is 5.91. The number of nitrogens with zero attached hydrogens (tertiary/aromatic N) is 4. The van der Waals surface area contributed by atoms with Gasteiger partial charge in [0.1, 0.15) is 5.82 Å². The molecule has 0 fully saturated rings. The molecular formula is C15H11F2N5O. The van der Waals surface area contributed by atoms with Crippen molar-refractivity contribution in [2.75, 3.05) is 5.32 Å². The zero-order valence-corrected chi connectivity index (χ0v) is 12.0. The Balaban J connectivity index is 1.77. The Morgan fingerprint density at radius 3 is 2.57 bits per heavy atom. The Morgan fingerprint density at radius 1 is 1.13 bits per heavy atom. The quantitative estimate of drug-likeness (QED) is 0.806. The number of amides is 1. The zero-order chi connectivity index (χ0) is 16.4. The maximum atomic E-state index is 13.1. The molecule has 3 rings (SSSR count). The normalized spacial score (nSPS) is 10.6. The number of imidazole rings is 1. The summed E-state index contributed by atoms with van der Waals surface area (Å²) in [5, 5.41) is 10.2. The molecule has 23 heavy (non-hydrogen) atoms. The molecule has 6 nitrogen and oxygen atoms in total. The Kier molecular flexibility index (Phi) is 3.80. The SMILES string of the molecule is Cc1nccn1-c1ccc(C(=O)Nc2ccc(F)c(F)c2)nn1. The molecule has 0 aliphatic heterocycles. The monoisotopic (exact) mass is 315 g/mol. The van der Waals surface area contributed by atoms with Crippen LogP contribution in [0.4, 0.5) is 14.5 Å². The van der Waals surface area contributed by atoms with E-state index in [1.54, 1.807) is 23.0 Å². The van der Waals surface area contributed by atoms with Gasteiger partial charge in [-0.2, -0.15) is 0 Å². The van der Waals surface area contributed by atoms with Gasteiger partial charge in [-0.15, -0.1) is 10.2 Å². The van der Waals surface area contributed by atoms with E-state index in [1.807, 2.05) is 6.92 Å². The summed E-state index contributed by atoms with van der Waals surface area (Å²) in [7, 11) is 0. The molecule has 0 saturated carbocycles. The van der Waals surface area contributed by atoms with Gasteiger partial charge in [0.25, 0.3) is 5.91 Å². The van der Waals surface area contributed by atoms with Gasteiger partial charge in [0.15, 0.2) is 23.1 Å². The molecule has 3 aromatic rings. The molecule has 0 bridgehead atoms. The molecule has 0 saturated heterocycles. The zero-order valence-electron chi connectivity index (χ0n) is 12.0. The Bertz CT molecular complexity index is 861. The number of benzene rings is 1. The molecule has 2 heterocycles. The van der Waals surface area contributed by atoms with Crippen molar-refractivity contribution in [1.82, 2.24) is 19.7 Å². The van der Waals surface area contributed by atoms with Gasteiger partial charge in [0.2, 0.25) is 0 Å². The van der Waals surface area contributed by atoms with E-state index in [0.29, 0.717) is 5.82 Å². The van der Waals surface area contributed by atoms with Gasteiger partial charge in [-0.05, 0) is 31.2 Å². The second-order valence-corrected chi connectivity index (χ2v) is 4.70. The predicted molar refractivity (Wildman–Crippen MR) is 78.2 cm³/mol. The van der Waals surface area contributed by atoms with E-state index in [2.05, 4.69) is 20.5 Å². The van der Waals surface area contributed by atoms with Crippen LogP contribution in [0.25, 0.3) is 5.82 Å². The minimum atomic E-state index is -1.04. The number of rotatable bonds is 3. The average Bonchev–Trinajstić information content (AvgIpc) is 2.97. The molecule has 2 aromatic heterocycles. The van der Waals surface area contributed by atoms with Gasteiger partial charge in [0.05, 0.1) is 0 Å². The number of carbonyl (C=O) groups excluding carboxylic acids is 1. The van der Waals surface area contributed by atoms with E-state index >= 15 is 0 Å². The van der Waals surface area contributed by atoms with Gasteiger partial charge in [-0.25, -0.2) is 13.8 Å². The fourth-order valence-electron chi connectivity index (χ4n) is 1.96. The molecule has 0 aliphatic rings. The number of halogens is 2. The van der Waals surface area contributed by atoms with Crippen molar-refractivity contribution in [3.05, 3.63) is 65.9 Å². The highest BCUT2D eigenvalue weighted by Crippen LogP contribution is 2.14. The van der Waals surface area contributed by atoms with Gasteiger partial charge < -0.3 is 5.32 Å². The number of anilines is 1. The molecule has 0 unspecified atom stereocenters. The number of hydrogen-bond donors (Lipinski definition) is 1. The minimum Gasteiger partial charge on any atom is -0.320 e. The first-order valence-electron chi connectivity index (χ1n) is 6.65. The molecule has 0 radical (unpaired) electrons. The van der Waals surface area contributed by atoms with Crippen LogP contribution in [0.2, 0.25) is 0 Å². The van der Waals surface area contributed by atoms with Crippen LogP contribution >= 0.6 is 0 Å². The van der Waals surface area contributed by atoms with E-state index in [4.69, 9.17) is 0 Å². The standard InChI is InChI=1S/C15H11F2N5O/c1-9-18-6-7-22(9)14-5-4-13(20-21-14)15(23)19-10-2-3-11(16)12(17)8-10/h2-8H,1H3,(H,19,23). The van der Waals surface area contributed by atoms with Crippen LogP contribution in [0.5, 0.6) is 0 Å². The van der Waals surface area contributed by atoms with Crippen LogP contribution < -0.4 is 5.32 Å². The molecule has 116 valence electrons. The first-order chi connectivity index (χ1) is 11.0. The van der Waals surface area contributed by atoms with E-state index < -0.39 is 17.5 Å². The molecule has 1 N–H and O–H groups in total. The van der Waals surface area contributed by atoms with Crippen LogP contribution in [0.15, 0.2) is 42.7 Å². The summed E-state index contributed by atoms with van der Waals surface area (Å²) in [5.74, 6) is -1.34. The van der Waals surface area contributed by atoms with Crippen LogP contribution in [-0.2, 0) is 0 Å². The highest BCUT2D eigenvalue weighted by atomic mass is 19.2. The summed E-state index contributed by atoms with van der Waals surface area (Å²) < 4.78 is 27.7. The largest absolute Gasteiger partial charge is 0.320 e. The molecule has 8 heteroatoms. The smallest absolute Gasteiger partial charge is 0.276 e. The van der Waals surface area contributed by atoms with Crippen molar-refractivity contribution >= 4 is 11.6 Å². The highest BCUT2D eigenvalue weighted by Gasteiger charge is 2.11. The Labute approximate surface area is 129 Å². The van der Waals surface area contributed by atoms with E-state index in [1.165, 1.54) is 12.1 Å². The van der Waals surface area contributed by atoms with E-state index in [-0.39, 0.29) is 11.4 Å². The maximum absolute atomic E-state index is 13.1. The Morgan fingerprint density at radius 2 is 1.96 bits per heavy atom. The Hall–Kier alpha value is -3.16. The van der Waals surface area contributed by atoms with Gasteiger partial charge in [0, 0.05) is 24.1 Å². The lowest BCUT2D eigenvalue weighted by atomic mass is 10.3. The fourth-order valence-corrected chi connectivity index (χ4v) is 1.96. The number of nitrogens with one attached hydrogen (secondary N) is 1. The summed E-state index contributed by atoms with van der Waals surface area (Å²) >= 11 is 0. The first kappa shape index (κ1) is 14.8. The third kappa shape index (κ3) is 3.05. The summed E-state index contributed by atoms with van der Waals surface area (Å²) in [5.41, 5.74) is 0.182. The lowest BCUT2D eigenvalue weighted by Crippen LogP contribution is -2.15. The van der Waals surface area contributed by atoms with Crippen LogP contribution in [0.1, 0.15) is 16.3 Å². The maximum Gasteiger partial charge on any atom is 0.276 e. The molecule has 0 aliphatic carbocycles. The third-order valence-corrected chi connectivity index (χ3v) is 3.13. The van der Waals surface area contributed by atoms with Crippen molar-refractivity contribution < 1.29 is 13.6 Å².